The standard InChI is InChI=1S/C7H15NO3.C2H6/c1-5(6(2)10-3)8-7(9)11-4;1-2/h5-6H,1-4H3,(H,8,9);1-2H3. The van der Waals surface area contributed by atoms with Crippen molar-refractivity contribution in [2.45, 2.75) is 39.8 Å². The topological polar surface area (TPSA) is 47.6 Å². The minimum atomic E-state index is -0.429. The van der Waals surface area contributed by atoms with Crippen molar-refractivity contribution in [2.75, 3.05) is 14.2 Å². The number of methoxy groups -OCH3 is 2. The molecule has 1 amide bonds. The van der Waals surface area contributed by atoms with E-state index in [2.05, 4.69) is 10.1 Å². The Morgan fingerprint density at radius 3 is 2.00 bits per heavy atom. The van der Waals surface area contributed by atoms with Crippen molar-refractivity contribution in [3.8, 4) is 0 Å². The van der Waals surface area contributed by atoms with Gasteiger partial charge in [0.2, 0.25) is 0 Å². The molecule has 0 aliphatic heterocycles. The first kappa shape index (κ1) is 14.7. The largest absolute Gasteiger partial charge is 0.453 e. The molecule has 2 unspecified atom stereocenters. The van der Waals surface area contributed by atoms with E-state index in [1.165, 1.54) is 7.11 Å². The van der Waals surface area contributed by atoms with E-state index >= 15 is 0 Å². The van der Waals surface area contributed by atoms with E-state index in [1.807, 2.05) is 27.7 Å². The summed E-state index contributed by atoms with van der Waals surface area (Å²) in [4.78, 5) is 10.7. The van der Waals surface area contributed by atoms with E-state index in [1.54, 1.807) is 7.11 Å². The van der Waals surface area contributed by atoms with Crippen LogP contribution in [0.15, 0.2) is 0 Å². The molecule has 0 rings (SSSR count). The van der Waals surface area contributed by atoms with Crippen LogP contribution in [-0.4, -0.2) is 32.5 Å². The third-order valence-corrected chi connectivity index (χ3v) is 1.61. The number of hydrogen-bond donors (Lipinski definition) is 1. The van der Waals surface area contributed by atoms with Gasteiger partial charge in [0.15, 0.2) is 0 Å². The van der Waals surface area contributed by atoms with Gasteiger partial charge in [-0.25, -0.2) is 4.79 Å². The van der Waals surface area contributed by atoms with Crippen molar-refractivity contribution in [1.29, 1.82) is 0 Å². The van der Waals surface area contributed by atoms with Gasteiger partial charge in [-0.2, -0.15) is 0 Å². The van der Waals surface area contributed by atoms with E-state index in [4.69, 9.17) is 4.74 Å². The quantitative estimate of drug-likeness (QED) is 0.739. The number of alkyl carbamates (subject to hydrolysis) is 1. The van der Waals surface area contributed by atoms with Crippen molar-refractivity contribution in [2.24, 2.45) is 0 Å². The highest BCUT2D eigenvalue weighted by Gasteiger charge is 2.13. The van der Waals surface area contributed by atoms with Crippen LogP contribution in [0.4, 0.5) is 4.79 Å². The van der Waals surface area contributed by atoms with Crippen molar-refractivity contribution in [3.05, 3.63) is 0 Å². The third kappa shape index (κ3) is 7.59. The van der Waals surface area contributed by atoms with Crippen molar-refractivity contribution >= 4 is 6.09 Å². The average Bonchev–Trinajstić information content (AvgIpc) is 2.19. The van der Waals surface area contributed by atoms with Gasteiger partial charge in [0.25, 0.3) is 0 Å². The summed E-state index contributed by atoms with van der Waals surface area (Å²) >= 11 is 0. The highest BCUT2D eigenvalue weighted by atomic mass is 16.5. The summed E-state index contributed by atoms with van der Waals surface area (Å²) in [5, 5.41) is 2.59. The molecule has 0 aromatic rings. The van der Waals surface area contributed by atoms with E-state index in [-0.39, 0.29) is 12.1 Å². The minimum absolute atomic E-state index is 0.00546. The Bertz CT molecular complexity index is 128. The SMILES string of the molecule is CC.COC(=O)NC(C)C(C)OC. The Morgan fingerprint density at radius 2 is 1.69 bits per heavy atom. The van der Waals surface area contributed by atoms with Crippen molar-refractivity contribution < 1.29 is 14.3 Å². The van der Waals surface area contributed by atoms with Crippen LogP contribution < -0.4 is 5.32 Å². The Labute approximate surface area is 80.6 Å². The van der Waals surface area contributed by atoms with E-state index < -0.39 is 6.09 Å². The van der Waals surface area contributed by atoms with Crippen LogP contribution in [0, 0.1) is 0 Å². The maximum absolute atomic E-state index is 10.7. The van der Waals surface area contributed by atoms with Crippen LogP contribution in [0.25, 0.3) is 0 Å². The molecule has 13 heavy (non-hydrogen) atoms. The lowest BCUT2D eigenvalue weighted by Gasteiger charge is -2.18. The molecule has 0 heterocycles. The van der Waals surface area contributed by atoms with E-state index in [9.17, 15) is 4.79 Å². The fourth-order valence-corrected chi connectivity index (χ4v) is 0.566. The number of rotatable bonds is 3. The molecule has 1 N–H and O–H groups in total. The minimum Gasteiger partial charge on any atom is -0.453 e. The fourth-order valence-electron chi connectivity index (χ4n) is 0.566. The summed E-state index contributed by atoms with van der Waals surface area (Å²) in [5.41, 5.74) is 0. The van der Waals surface area contributed by atoms with Gasteiger partial charge in [-0.1, -0.05) is 13.8 Å². The lowest BCUT2D eigenvalue weighted by Crippen LogP contribution is -2.40. The molecular formula is C9H21NO3. The molecule has 0 radical (unpaired) electrons. The highest BCUT2D eigenvalue weighted by molar-refractivity contribution is 5.67. The molecule has 0 aromatic heterocycles. The van der Waals surface area contributed by atoms with Crippen LogP contribution in [-0.2, 0) is 9.47 Å². The van der Waals surface area contributed by atoms with Gasteiger partial charge in [-0.3, -0.25) is 0 Å². The Morgan fingerprint density at radius 1 is 1.23 bits per heavy atom. The van der Waals surface area contributed by atoms with Gasteiger partial charge in [-0.05, 0) is 13.8 Å². The lowest BCUT2D eigenvalue weighted by molar-refractivity contribution is 0.0843. The number of ether oxygens (including phenoxy) is 2. The van der Waals surface area contributed by atoms with Crippen LogP contribution in [0.5, 0.6) is 0 Å². The summed E-state index contributed by atoms with van der Waals surface area (Å²) in [6, 6.07) is -0.0348. The zero-order valence-corrected chi connectivity index (χ0v) is 9.38. The van der Waals surface area contributed by atoms with Crippen LogP contribution in [0.1, 0.15) is 27.7 Å². The van der Waals surface area contributed by atoms with Crippen LogP contribution >= 0.6 is 0 Å². The monoisotopic (exact) mass is 191 g/mol. The van der Waals surface area contributed by atoms with Gasteiger partial charge < -0.3 is 14.8 Å². The zero-order chi connectivity index (χ0) is 10.9. The first-order valence-corrected chi connectivity index (χ1v) is 4.49. The summed E-state index contributed by atoms with van der Waals surface area (Å²) in [6.45, 7) is 7.73. The number of hydrogen-bond acceptors (Lipinski definition) is 3. The summed E-state index contributed by atoms with van der Waals surface area (Å²) in [5.74, 6) is 0. The Hall–Kier alpha value is -0.770. The second kappa shape index (κ2) is 9.32. The molecule has 0 aliphatic carbocycles. The molecule has 0 fully saturated rings. The van der Waals surface area contributed by atoms with Gasteiger partial charge >= 0.3 is 6.09 Å². The molecule has 0 spiro atoms. The average molecular weight is 191 g/mol. The maximum atomic E-state index is 10.7. The number of carbonyl (C=O) groups excluding carboxylic acids is 1. The van der Waals surface area contributed by atoms with Gasteiger partial charge in [0, 0.05) is 7.11 Å². The molecular weight excluding hydrogens is 170 g/mol. The Kier molecular flexibility index (Phi) is 10.6. The second-order valence-corrected chi connectivity index (χ2v) is 2.37. The number of amides is 1. The van der Waals surface area contributed by atoms with Crippen molar-refractivity contribution in [3.63, 3.8) is 0 Å². The first-order valence-electron chi connectivity index (χ1n) is 4.49. The first-order chi connectivity index (χ1) is 6.11. The molecule has 4 heteroatoms. The molecule has 0 saturated heterocycles. The highest BCUT2D eigenvalue weighted by Crippen LogP contribution is 1.95. The number of carbonyl (C=O) groups is 1. The summed E-state index contributed by atoms with van der Waals surface area (Å²) < 4.78 is 9.40. The summed E-state index contributed by atoms with van der Waals surface area (Å²) in [6.07, 6.45) is -0.435. The normalized spacial score (nSPS) is 13.4. The van der Waals surface area contributed by atoms with Gasteiger partial charge in [-0.15, -0.1) is 0 Å². The molecule has 0 bridgehead atoms. The predicted octanol–water partition coefficient (Wildman–Crippen LogP) is 1.79. The molecule has 2 atom stereocenters. The third-order valence-electron chi connectivity index (χ3n) is 1.61. The molecule has 0 aliphatic rings. The fraction of sp³-hybridized carbons (Fsp3) is 0.889. The van der Waals surface area contributed by atoms with Crippen LogP contribution in [0.3, 0.4) is 0 Å². The maximum Gasteiger partial charge on any atom is 0.407 e. The van der Waals surface area contributed by atoms with Gasteiger partial charge in [0.05, 0.1) is 19.3 Å². The smallest absolute Gasteiger partial charge is 0.407 e. The predicted molar refractivity (Wildman–Crippen MR) is 52.8 cm³/mol. The molecule has 0 saturated carbocycles. The van der Waals surface area contributed by atoms with Gasteiger partial charge in [0.1, 0.15) is 0 Å². The Balaban J connectivity index is 0. The van der Waals surface area contributed by atoms with Crippen molar-refractivity contribution in [1.82, 2.24) is 5.32 Å². The molecule has 80 valence electrons. The van der Waals surface area contributed by atoms with E-state index in [0.717, 1.165) is 0 Å². The zero-order valence-electron chi connectivity index (χ0n) is 9.38. The molecule has 4 nitrogen and oxygen atoms in total. The lowest BCUT2D eigenvalue weighted by atomic mass is 10.2. The second-order valence-electron chi connectivity index (χ2n) is 2.37. The van der Waals surface area contributed by atoms with E-state index in [0.29, 0.717) is 0 Å². The van der Waals surface area contributed by atoms with Crippen LogP contribution in [0.2, 0.25) is 0 Å². The number of nitrogens with one attached hydrogen (secondary N) is 1. The summed E-state index contributed by atoms with van der Waals surface area (Å²) in [7, 11) is 2.93. The molecule has 0 aromatic carbocycles.